The Bertz CT molecular complexity index is 751. The van der Waals surface area contributed by atoms with Gasteiger partial charge in [0, 0.05) is 15.4 Å². The standard InChI is InChI=1S/C19H25BrN2O2/c1-6-7-10-24-18-14(17(23)22-19(3,4)5)11-13-9-8-12(2)15(20)16(13)21-18/h8-9,11H,6-7,10H2,1-5H3,(H,22,23). The summed E-state index contributed by atoms with van der Waals surface area (Å²) in [4.78, 5) is 17.3. The topological polar surface area (TPSA) is 51.2 Å². The molecule has 0 saturated carbocycles. The molecule has 1 heterocycles. The fourth-order valence-corrected chi connectivity index (χ4v) is 2.73. The zero-order valence-electron chi connectivity index (χ0n) is 15.0. The average molecular weight is 393 g/mol. The van der Waals surface area contributed by atoms with Crippen LogP contribution in [0.3, 0.4) is 0 Å². The minimum Gasteiger partial charge on any atom is -0.477 e. The van der Waals surface area contributed by atoms with E-state index in [9.17, 15) is 4.79 Å². The van der Waals surface area contributed by atoms with Crippen LogP contribution < -0.4 is 10.1 Å². The van der Waals surface area contributed by atoms with Crippen molar-refractivity contribution in [1.82, 2.24) is 10.3 Å². The van der Waals surface area contributed by atoms with E-state index in [1.54, 1.807) is 0 Å². The largest absolute Gasteiger partial charge is 0.477 e. The van der Waals surface area contributed by atoms with Crippen LogP contribution in [0.1, 0.15) is 56.5 Å². The molecule has 24 heavy (non-hydrogen) atoms. The Hall–Kier alpha value is -1.62. The second-order valence-corrected chi connectivity index (χ2v) is 7.81. The van der Waals surface area contributed by atoms with Gasteiger partial charge in [-0.05, 0) is 61.7 Å². The van der Waals surface area contributed by atoms with Crippen molar-refractivity contribution in [2.45, 2.75) is 53.0 Å². The molecule has 1 aromatic heterocycles. The number of hydrogen-bond donors (Lipinski definition) is 1. The maximum Gasteiger partial charge on any atom is 0.257 e. The van der Waals surface area contributed by atoms with Gasteiger partial charge in [-0.1, -0.05) is 25.5 Å². The van der Waals surface area contributed by atoms with Gasteiger partial charge in [0.2, 0.25) is 5.88 Å². The maximum absolute atomic E-state index is 12.7. The monoisotopic (exact) mass is 392 g/mol. The Morgan fingerprint density at radius 3 is 2.67 bits per heavy atom. The van der Waals surface area contributed by atoms with Crippen LogP contribution >= 0.6 is 15.9 Å². The van der Waals surface area contributed by atoms with Gasteiger partial charge >= 0.3 is 0 Å². The smallest absolute Gasteiger partial charge is 0.257 e. The summed E-state index contributed by atoms with van der Waals surface area (Å²) in [6.45, 7) is 10.5. The summed E-state index contributed by atoms with van der Waals surface area (Å²) in [6, 6.07) is 5.85. The van der Waals surface area contributed by atoms with Crippen molar-refractivity contribution in [3.63, 3.8) is 0 Å². The predicted molar refractivity (Wildman–Crippen MR) is 102 cm³/mol. The fourth-order valence-electron chi connectivity index (χ4n) is 2.28. The molecule has 0 fully saturated rings. The van der Waals surface area contributed by atoms with Crippen molar-refractivity contribution in [1.29, 1.82) is 0 Å². The molecule has 0 spiro atoms. The Kier molecular flexibility index (Phi) is 5.86. The number of fused-ring (bicyclic) bond motifs is 1. The summed E-state index contributed by atoms with van der Waals surface area (Å²) in [6.07, 6.45) is 1.95. The number of benzene rings is 1. The average Bonchev–Trinajstić information content (AvgIpc) is 2.49. The van der Waals surface area contributed by atoms with Gasteiger partial charge in [0.25, 0.3) is 5.91 Å². The van der Waals surface area contributed by atoms with E-state index in [4.69, 9.17) is 4.74 Å². The number of hydrogen-bond acceptors (Lipinski definition) is 3. The van der Waals surface area contributed by atoms with Gasteiger partial charge in [-0.15, -0.1) is 0 Å². The number of nitrogens with one attached hydrogen (secondary N) is 1. The van der Waals surface area contributed by atoms with Crippen LogP contribution in [-0.2, 0) is 0 Å². The van der Waals surface area contributed by atoms with Crippen molar-refractivity contribution in [2.24, 2.45) is 0 Å². The number of amides is 1. The molecule has 1 N–H and O–H groups in total. The van der Waals surface area contributed by atoms with Gasteiger partial charge in [0.1, 0.15) is 5.56 Å². The second kappa shape index (κ2) is 7.51. The summed E-state index contributed by atoms with van der Waals surface area (Å²) >= 11 is 3.59. The van der Waals surface area contributed by atoms with Crippen molar-refractivity contribution >= 4 is 32.7 Å². The van der Waals surface area contributed by atoms with E-state index < -0.39 is 0 Å². The number of carbonyl (C=O) groups excluding carboxylic acids is 1. The van der Waals surface area contributed by atoms with E-state index in [0.717, 1.165) is 33.8 Å². The van der Waals surface area contributed by atoms with E-state index in [1.807, 2.05) is 45.9 Å². The molecule has 0 unspecified atom stereocenters. The van der Waals surface area contributed by atoms with Crippen LogP contribution in [0.2, 0.25) is 0 Å². The highest BCUT2D eigenvalue weighted by Gasteiger charge is 2.21. The molecule has 1 amide bonds. The fraction of sp³-hybridized carbons (Fsp3) is 0.474. The lowest BCUT2D eigenvalue weighted by Crippen LogP contribution is -2.40. The number of halogens is 1. The molecule has 0 atom stereocenters. The molecule has 0 aliphatic heterocycles. The van der Waals surface area contributed by atoms with Crippen LogP contribution in [0.25, 0.3) is 10.9 Å². The summed E-state index contributed by atoms with van der Waals surface area (Å²) in [5.74, 6) is 0.226. The molecule has 2 aromatic rings. The lowest BCUT2D eigenvalue weighted by Gasteiger charge is -2.21. The molecule has 0 saturated heterocycles. The van der Waals surface area contributed by atoms with Crippen molar-refractivity contribution in [3.05, 3.63) is 33.8 Å². The lowest BCUT2D eigenvalue weighted by molar-refractivity contribution is 0.0914. The highest BCUT2D eigenvalue weighted by Crippen LogP contribution is 2.30. The first-order valence-corrected chi connectivity index (χ1v) is 9.07. The van der Waals surface area contributed by atoms with E-state index in [0.29, 0.717) is 18.1 Å². The number of pyridine rings is 1. The van der Waals surface area contributed by atoms with Crippen LogP contribution in [-0.4, -0.2) is 23.0 Å². The number of nitrogens with zero attached hydrogens (tertiary/aromatic N) is 1. The molecular weight excluding hydrogens is 368 g/mol. The second-order valence-electron chi connectivity index (χ2n) is 7.02. The molecule has 4 nitrogen and oxygen atoms in total. The number of aryl methyl sites for hydroxylation is 1. The van der Waals surface area contributed by atoms with E-state index in [2.05, 4.69) is 33.2 Å². The third-order valence-corrected chi connectivity index (χ3v) is 4.55. The van der Waals surface area contributed by atoms with Crippen molar-refractivity contribution < 1.29 is 9.53 Å². The van der Waals surface area contributed by atoms with Crippen LogP contribution in [0.15, 0.2) is 22.7 Å². The van der Waals surface area contributed by atoms with Crippen LogP contribution in [0.4, 0.5) is 0 Å². The van der Waals surface area contributed by atoms with E-state index in [-0.39, 0.29) is 11.4 Å². The molecule has 5 heteroatoms. The van der Waals surface area contributed by atoms with E-state index in [1.165, 1.54) is 0 Å². The zero-order valence-corrected chi connectivity index (χ0v) is 16.6. The third kappa shape index (κ3) is 4.47. The summed E-state index contributed by atoms with van der Waals surface area (Å²) < 4.78 is 6.76. The molecular formula is C19H25BrN2O2. The molecule has 0 bridgehead atoms. The molecule has 130 valence electrons. The Labute approximate surface area is 152 Å². The molecule has 0 aliphatic rings. The third-order valence-electron chi connectivity index (χ3n) is 3.55. The molecule has 1 aromatic carbocycles. The van der Waals surface area contributed by atoms with Gasteiger partial charge in [-0.3, -0.25) is 4.79 Å². The van der Waals surface area contributed by atoms with Crippen LogP contribution in [0, 0.1) is 6.92 Å². The summed E-state index contributed by atoms with van der Waals surface area (Å²) in [5.41, 5.74) is 2.07. The highest BCUT2D eigenvalue weighted by atomic mass is 79.9. The first-order chi connectivity index (χ1) is 11.2. The predicted octanol–water partition coefficient (Wildman–Crippen LogP) is 5.01. The Balaban J connectivity index is 2.51. The number of carbonyl (C=O) groups is 1. The van der Waals surface area contributed by atoms with Crippen molar-refractivity contribution in [3.8, 4) is 5.88 Å². The Morgan fingerprint density at radius 2 is 2.04 bits per heavy atom. The summed E-state index contributed by atoms with van der Waals surface area (Å²) in [7, 11) is 0. The Morgan fingerprint density at radius 1 is 1.33 bits per heavy atom. The van der Waals surface area contributed by atoms with E-state index >= 15 is 0 Å². The molecule has 0 radical (unpaired) electrons. The SMILES string of the molecule is CCCCOc1nc2c(Br)c(C)ccc2cc1C(=O)NC(C)(C)C. The van der Waals surface area contributed by atoms with Crippen molar-refractivity contribution in [2.75, 3.05) is 6.61 Å². The normalized spacial score (nSPS) is 11.6. The van der Waals surface area contributed by atoms with Gasteiger partial charge in [0.05, 0.1) is 12.1 Å². The molecule has 0 aliphatic carbocycles. The van der Waals surface area contributed by atoms with Gasteiger partial charge < -0.3 is 10.1 Å². The number of unbranched alkanes of at least 4 members (excludes halogenated alkanes) is 1. The number of aromatic nitrogens is 1. The quantitative estimate of drug-likeness (QED) is 0.727. The van der Waals surface area contributed by atoms with Crippen LogP contribution in [0.5, 0.6) is 5.88 Å². The van der Waals surface area contributed by atoms with Gasteiger partial charge in [-0.25, -0.2) is 4.98 Å². The molecule has 2 rings (SSSR count). The first kappa shape index (κ1) is 18.7. The number of ether oxygens (including phenoxy) is 1. The zero-order chi connectivity index (χ0) is 17.9. The highest BCUT2D eigenvalue weighted by molar-refractivity contribution is 9.10. The maximum atomic E-state index is 12.7. The first-order valence-electron chi connectivity index (χ1n) is 8.28. The summed E-state index contributed by atoms with van der Waals surface area (Å²) in [5, 5.41) is 3.90. The van der Waals surface area contributed by atoms with Gasteiger partial charge in [0.15, 0.2) is 0 Å². The lowest BCUT2D eigenvalue weighted by atomic mass is 10.1. The number of rotatable bonds is 5. The minimum atomic E-state index is -0.319. The van der Waals surface area contributed by atoms with Gasteiger partial charge in [-0.2, -0.15) is 0 Å². The minimum absolute atomic E-state index is 0.167.